The van der Waals surface area contributed by atoms with Crippen LogP contribution in [0.3, 0.4) is 0 Å². The van der Waals surface area contributed by atoms with E-state index in [2.05, 4.69) is 46.9 Å². The molecule has 0 saturated carbocycles. The lowest BCUT2D eigenvalue weighted by atomic mass is 9.96. The quantitative estimate of drug-likeness (QED) is 0.0164. The first kappa shape index (κ1) is 110. The number of aliphatic hydroxyl groups excluding tert-OH is 2. The Morgan fingerprint density at radius 1 is 0.365 bits per heavy atom. The Labute approximate surface area is 702 Å². The van der Waals surface area contributed by atoms with Crippen LogP contribution < -0.4 is 5.32 Å². The van der Waals surface area contributed by atoms with Crippen molar-refractivity contribution in [1.82, 2.24) is 10.2 Å². The van der Waals surface area contributed by atoms with Crippen molar-refractivity contribution in [2.24, 2.45) is 0 Å². The van der Waals surface area contributed by atoms with Gasteiger partial charge in [0.25, 0.3) is 0 Å². The Morgan fingerprint density at radius 3 is 0.948 bits per heavy atom. The number of carbonyl (C=O) groups excluding carboxylic acids is 6. The predicted octanol–water partition coefficient (Wildman–Crippen LogP) is 24.2. The lowest BCUT2D eigenvalue weighted by Crippen LogP contribution is -2.66. The SMILES string of the molecule is CCCCCCCCCCCCCC(=O)OC(CCCCCCCCCCC)CC(=O)NC1C(OCCN(CCO)C(=O)CC(CCCCCCCCCCC)OC(=O)CCCCCCCCCCCCC)OC(CO)C(OP(=O)(O)O)C1OC(=O)CC(CCCCCCCCCCC)OC(=O)CCCCCCCCCCCCC. The second kappa shape index (κ2) is 79.3. The molecule has 1 fully saturated rings. The number of amides is 2. The molecule has 1 rings (SSSR count). The number of phosphoric ester groups is 1. The fraction of sp³-hybridized carbons (Fsp3) is 0.936. The molecule has 115 heavy (non-hydrogen) atoms. The van der Waals surface area contributed by atoms with Crippen LogP contribution in [0.5, 0.6) is 0 Å². The van der Waals surface area contributed by atoms with Crippen molar-refractivity contribution in [3.63, 3.8) is 0 Å². The van der Waals surface area contributed by atoms with E-state index >= 15 is 4.79 Å². The molecule has 1 saturated heterocycles. The van der Waals surface area contributed by atoms with Crippen LogP contribution in [0, 0.1) is 0 Å². The highest BCUT2D eigenvalue weighted by molar-refractivity contribution is 7.46. The van der Waals surface area contributed by atoms with E-state index in [1.54, 1.807) is 0 Å². The minimum atomic E-state index is -5.51. The number of nitrogens with zero attached hydrogens (tertiary/aromatic N) is 1. The summed E-state index contributed by atoms with van der Waals surface area (Å²) in [4.78, 5) is 108. The Balaban J connectivity index is 3.82. The molecule has 1 aliphatic rings. The van der Waals surface area contributed by atoms with Gasteiger partial charge < -0.3 is 58.6 Å². The number of unbranched alkanes of at least 4 members (excludes halogenated alkanes) is 54. The molecule has 678 valence electrons. The molecule has 0 aromatic rings. The monoisotopic (exact) mass is 1660 g/mol. The molecule has 8 unspecified atom stereocenters. The Bertz CT molecular complexity index is 2310. The Hall–Kier alpha value is -3.23. The first-order valence-electron chi connectivity index (χ1n) is 48.6. The first-order valence-corrected chi connectivity index (χ1v) is 50.1. The van der Waals surface area contributed by atoms with Crippen molar-refractivity contribution in [2.45, 2.75) is 534 Å². The normalized spacial score (nSPS) is 16.5. The van der Waals surface area contributed by atoms with Gasteiger partial charge >= 0.3 is 31.7 Å². The standard InChI is InChI=1S/C94H179N2O18P/c1-7-13-19-25-31-37-40-46-52-58-64-70-87(101)109-81(67-61-55-49-43-34-28-22-16-10-4)77-85(99)95-91-93(113-90(104)79-83(69-63-57-51-45-36-30-24-18-12-6)111-89(103)72-66-60-54-48-42-39-33-27-21-15-9-3)92(114-115(105,106)107)84(80-98)112-94(91)108-76-74-96(73-75-97)86(100)78-82(68-62-56-50-44-35-29-23-17-11-5)110-88(102)71-65-59-53-47-41-38-32-26-20-14-8-2/h81-84,91-94,97-98H,7-80H2,1-6H3,(H,95,99)(H2,105,106,107). The summed E-state index contributed by atoms with van der Waals surface area (Å²) in [6, 6.07) is -1.63. The van der Waals surface area contributed by atoms with Gasteiger partial charge in [-0.2, -0.15) is 0 Å². The molecule has 0 aliphatic carbocycles. The molecule has 21 heteroatoms. The van der Waals surface area contributed by atoms with Gasteiger partial charge in [-0.1, -0.05) is 388 Å². The highest BCUT2D eigenvalue weighted by Gasteiger charge is 2.52. The molecule has 20 nitrogen and oxygen atoms in total. The smallest absolute Gasteiger partial charge is 0.462 e. The fourth-order valence-electron chi connectivity index (χ4n) is 15.9. The summed E-state index contributed by atoms with van der Waals surface area (Å²) in [6.07, 6.45) is 56.8. The fourth-order valence-corrected chi connectivity index (χ4v) is 16.5. The maximum Gasteiger partial charge on any atom is 0.470 e. The van der Waals surface area contributed by atoms with Crippen LogP contribution in [0.25, 0.3) is 0 Å². The van der Waals surface area contributed by atoms with Crippen LogP contribution in [0.15, 0.2) is 0 Å². The molecule has 0 aromatic heterocycles. The van der Waals surface area contributed by atoms with E-state index in [0.717, 1.165) is 173 Å². The maximum absolute atomic E-state index is 15.0. The van der Waals surface area contributed by atoms with E-state index in [4.69, 9.17) is 32.9 Å². The van der Waals surface area contributed by atoms with Gasteiger partial charge in [-0.05, 0) is 57.8 Å². The summed E-state index contributed by atoms with van der Waals surface area (Å²) in [5.41, 5.74) is 0. The number of rotatable bonds is 86. The molecule has 0 radical (unpaired) electrons. The van der Waals surface area contributed by atoms with Gasteiger partial charge in [-0.25, -0.2) is 4.57 Å². The first-order chi connectivity index (χ1) is 56.0. The van der Waals surface area contributed by atoms with Crippen molar-refractivity contribution in [1.29, 1.82) is 0 Å². The molecule has 5 N–H and O–H groups in total. The van der Waals surface area contributed by atoms with E-state index in [1.165, 1.54) is 185 Å². The molecule has 1 aliphatic heterocycles. The molecule has 1 heterocycles. The van der Waals surface area contributed by atoms with Crippen LogP contribution in [0.4, 0.5) is 0 Å². The third-order valence-corrected chi connectivity index (χ3v) is 23.5. The predicted molar refractivity (Wildman–Crippen MR) is 466 cm³/mol. The van der Waals surface area contributed by atoms with Crippen LogP contribution in [-0.2, 0) is 66.3 Å². The number of hydrogen-bond acceptors (Lipinski definition) is 16. The van der Waals surface area contributed by atoms with Gasteiger partial charge in [-0.15, -0.1) is 0 Å². The third kappa shape index (κ3) is 66.1. The minimum Gasteiger partial charge on any atom is -0.462 e. The van der Waals surface area contributed by atoms with Crippen LogP contribution in [0.2, 0.25) is 0 Å². The summed E-state index contributed by atoms with van der Waals surface area (Å²) in [6.45, 7) is 11.3. The molecular weight excluding hydrogens is 1480 g/mol. The topological polar surface area (TPSA) is 280 Å². The lowest BCUT2D eigenvalue weighted by molar-refractivity contribution is -0.271. The van der Waals surface area contributed by atoms with E-state index in [-0.39, 0.29) is 57.8 Å². The lowest BCUT2D eigenvalue weighted by Gasteiger charge is -2.45. The average molecular weight is 1660 g/mol. The van der Waals surface area contributed by atoms with Crippen molar-refractivity contribution in [3.05, 3.63) is 0 Å². The zero-order valence-electron chi connectivity index (χ0n) is 74.8. The second-order valence-corrected chi connectivity index (χ2v) is 35.2. The maximum atomic E-state index is 15.0. The van der Waals surface area contributed by atoms with E-state index in [0.29, 0.717) is 51.4 Å². The number of nitrogens with one attached hydrogen (secondary N) is 1. The molecular formula is C94H179N2O18P. The largest absolute Gasteiger partial charge is 0.470 e. The van der Waals surface area contributed by atoms with Crippen LogP contribution in [-0.4, -0.2) is 142 Å². The number of aliphatic hydroxyl groups is 2. The molecule has 0 spiro atoms. The highest BCUT2D eigenvalue weighted by Crippen LogP contribution is 2.43. The van der Waals surface area contributed by atoms with Crippen molar-refractivity contribution >= 4 is 43.5 Å². The number of carbonyl (C=O) groups is 6. The van der Waals surface area contributed by atoms with Gasteiger partial charge in [0.05, 0.1) is 39.1 Å². The van der Waals surface area contributed by atoms with Gasteiger partial charge in [0.2, 0.25) is 11.8 Å². The zero-order chi connectivity index (χ0) is 84.1. The van der Waals surface area contributed by atoms with Crippen molar-refractivity contribution < 1.29 is 86.3 Å². The summed E-state index contributed by atoms with van der Waals surface area (Å²) in [5.74, 6) is -3.27. The summed E-state index contributed by atoms with van der Waals surface area (Å²) in [5, 5.41) is 24.5. The number of esters is 4. The Morgan fingerprint density at radius 2 is 0.652 bits per heavy atom. The van der Waals surface area contributed by atoms with E-state index < -0.39 is 106 Å². The zero-order valence-corrected chi connectivity index (χ0v) is 75.7. The van der Waals surface area contributed by atoms with Crippen LogP contribution in [0.1, 0.15) is 485 Å². The average Bonchev–Trinajstić information content (AvgIpc) is 0.780. The van der Waals surface area contributed by atoms with Crippen LogP contribution >= 0.6 is 7.82 Å². The van der Waals surface area contributed by atoms with Gasteiger partial charge in [-0.3, -0.25) is 33.3 Å². The summed E-state index contributed by atoms with van der Waals surface area (Å²) in [7, 11) is -5.51. The minimum absolute atomic E-state index is 0.120. The van der Waals surface area contributed by atoms with Crippen molar-refractivity contribution in [2.75, 3.05) is 32.9 Å². The summed E-state index contributed by atoms with van der Waals surface area (Å²) < 4.78 is 56.1. The molecule has 0 bridgehead atoms. The molecule has 0 aromatic carbocycles. The number of hydrogen-bond donors (Lipinski definition) is 5. The Kier molecular flexibility index (Phi) is 75.7. The van der Waals surface area contributed by atoms with Gasteiger partial charge in [0.1, 0.15) is 36.6 Å². The highest BCUT2D eigenvalue weighted by atomic mass is 31.2. The van der Waals surface area contributed by atoms with Crippen molar-refractivity contribution in [3.8, 4) is 0 Å². The third-order valence-electron chi connectivity index (χ3n) is 23.0. The van der Waals surface area contributed by atoms with E-state index in [1.807, 2.05) is 0 Å². The molecule has 8 atom stereocenters. The second-order valence-electron chi connectivity index (χ2n) is 34.0. The van der Waals surface area contributed by atoms with Gasteiger partial charge in [0.15, 0.2) is 12.4 Å². The summed E-state index contributed by atoms with van der Waals surface area (Å²) >= 11 is 0. The number of ether oxygens (including phenoxy) is 6. The molecule has 2 amide bonds. The van der Waals surface area contributed by atoms with E-state index in [9.17, 15) is 48.5 Å². The van der Waals surface area contributed by atoms with Gasteiger partial charge in [0, 0.05) is 32.4 Å². The number of phosphoric acid groups is 1.